The molecule has 2 aliphatic rings. The first kappa shape index (κ1) is 23.8. The van der Waals surface area contributed by atoms with Gasteiger partial charge in [-0.1, -0.05) is 6.07 Å². The minimum atomic E-state index is -4.66. The third-order valence-corrected chi connectivity index (χ3v) is 7.61. The number of benzene rings is 1. The predicted octanol–water partition coefficient (Wildman–Crippen LogP) is 4.98. The van der Waals surface area contributed by atoms with Crippen LogP contribution in [0.2, 0.25) is 0 Å². The van der Waals surface area contributed by atoms with E-state index in [0.717, 1.165) is 17.2 Å². The summed E-state index contributed by atoms with van der Waals surface area (Å²) in [5.41, 5.74) is 0.294. The number of carbonyl (C=O) groups is 2. The van der Waals surface area contributed by atoms with E-state index < -0.39 is 86.5 Å². The Hall–Kier alpha value is -3.75. The van der Waals surface area contributed by atoms with Crippen LogP contribution in [0.4, 0.5) is 26.7 Å². The second kappa shape index (κ2) is 11.5. The average Bonchev–Trinajstić information content (AvgIpc) is 3.72. The summed E-state index contributed by atoms with van der Waals surface area (Å²) in [6.45, 7) is -7.06. The summed E-state index contributed by atoms with van der Waals surface area (Å²) in [4.78, 5) is 31.5. The highest BCUT2D eigenvalue weighted by molar-refractivity contribution is 5.92. The Kier molecular flexibility index (Phi) is 6.51. The number of oxazole rings is 1. The summed E-state index contributed by atoms with van der Waals surface area (Å²) < 4.78 is 118. The molecule has 3 heterocycles. The zero-order chi connectivity index (χ0) is 34.5. The highest BCUT2D eigenvalue weighted by Crippen LogP contribution is 2.42. The van der Waals surface area contributed by atoms with Crippen LogP contribution in [0.25, 0.3) is 11.1 Å². The molecule has 0 radical (unpaired) electrons. The van der Waals surface area contributed by atoms with E-state index in [1.54, 1.807) is 0 Å². The van der Waals surface area contributed by atoms with Gasteiger partial charge in [-0.2, -0.15) is 18.3 Å². The van der Waals surface area contributed by atoms with Gasteiger partial charge in [0.25, 0.3) is 5.91 Å². The number of methoxy groups -OCH3 is 1. The van der Waals surface area contributed by atoms with Crippen molar-refractivity contribution < 1.29 is 47.5 Å². The number of halogens is 5. The van der Waals surface area contributed by atoms with E-state index in [-0.39, 0.29) is 36.4 Å². The number of hydrogen-bond donors (Lipinski definition) is 2. The minimum absolute atomic E-state index is 0.0440. The number of alkyl halides is 5. The van der Waals surface area contributed by atoms with E-state index in [0.29, 0.717) is 10.2 Å². The molecule has 3 amide bonds. The molecule has 42 heavy (non-hydrogen) atoms. The van der Waals surface area contributed by atoms with Crippen molar-refractivity contribution in [3.63, 3.8) is 0 Å². The van der Waals surface area contributed by atoms with Crippen LogP contribution in [0.15, 0.2) is 34.9 Å². The number of fused-ring (bicyclic) bond motifs is 1. The topological polar surface area (TPSA) is 115 Å². The van der Waals surface area contributed by atoms with Crippen molar-refractivity contribution in [2.45, 2.75) is 69.3 Å². The molecule has 0 spiro atoms. The Morgan fingerprint density at radius 1 is 1.33 bits per heavy atom. The summed E-state index contributed by atoms with van der Waals surface area (Å²) >= 11 is 0. The maximum Gasteiger partial charge on any atom is 0.410 e. The quantitative estimate of drug-likeness (QED) is 0.334. The number of hydrogen-bond acceptors (Lipinski definition) is 6. The van der Waals surface area contributed by atoms with Crippen LogP contribution in [-0.4, -0.2) is 70.0 Å². The van der Waals surface area contributed by atoms with Gasteiger partial charge in [-0.3, -0.25) is 9.48 Å². The van der Waals surface area contributed by atoms with E-state index in [1.807, 2.05) is 5.32 Å². The van der Waals surface area contributed by atoms with Gasteiger partial charge in [-0.05, 0) is 49.4 Å². The first-order chi connectivity index (χ1) is 21.8. The molecule has 15 heteroatoms. The summed E-state index contributed by atoms with van der Waals surface area (Å²) in [6, 6.07) is 0.492. The van der Waals surface area contributed by atoms with Gasteiger partial charge in [-0.15, -0.1) is 0 Å². The standard InChI is InChI=1S/C27H31F5N6O4/c1-3-38-18(8-11-33-38)23(39)36-22(15-6-9-26(28,29)10-7-15)24-34-17-12-16(4-5-20(17)42-24)19(14-41-2)37-13-21(27(30,31)32)35-25(37)40/h4-5,8,11-12,15,19,21-22H,3,6-7,9-10,13-14H2,1-2H3,(H,35,40)(H,36,39)/i1D3,3D2. The number of nitrogens with one attached hydrogen (secondary N) is 2. The van der Waals surface area contributed by atoms with Crippen molar-refractivity contribution in [1.29, 1.82) is 0 Å². The highest BCUT2D eigenvalue weighted by Gasteiger charge is 2.48. The number of nitrogens with zero attached hydrogens (tertiary/aromatic N) is 4. The van der Waals surface area contributed by atoms with Crippen LogP contribution in [0.1, 0.15) is 73.4 Å². The van der Waals surface area contributed by atoms with E-state index in [4.69, 9.17) is 16.0 Å². The van der Waals surface area contributed by atoms with Gasteiger partial charge in [0.05, 0.1) is 21.9 Å². The van der Waals surface area contributed by atoms with Crippen LogP contribution < -0.4 is 10.6 Å². The third kappa shape index (κ3) is 6.05. The first-order valence-corrected chi connectivity index (χ1v) is 13.1. The lowest BCUT2D eigenvalue weighted by atomic mass is 9.82. The average molecular weight is 604 g/mol. The van der Waals surface area contributed by atoms with Crippen LogP contribution in [0.5, 0.6) is 0 Å². The highest BCUT2D eigenvalue weighted by atomic mass is 19.4. The van der Waals surface area contributed by atoms with Crippen molar-refractivity contribution in [2.24, 2.45) is 5.92 Å². The molecule has 10 nitrogen and oxygen atoms in total. The van der Waals surface area contributed by atoms with Crippen molar-refractivity contribution in [1.82, 2.24) is 30.3 Å². The smallest absolute Gasteiger partial charge is 0.410 e. The van der Waals surface area contributed by atoms with Gasteiger partial charge < -0.3 is 24.7 Å². The van der Waals surface area contributed by atoms with Crippen molar-refractivity contribution in [3.8, 4) is 0 Å². The summed E-state index contributed by atoms with van der Waals surface area (Å²) in [5, 5.41) is 8.26. The number of amides is 3. The molecule has 2 aromatic heterocycles. The third-order valence-electron chi connectivity index (χ3n) is 7.61. The lowest BCUT2D eigenvalue weighted by Gasteiger charge is -2.32. The molecule has 228 valence electrons. The molecule has 2 N–H and O–H groups in total. The van der Waals surface area contributed by atoms with Crippen molar-refractivity contribution in [2.75, 3.05) is 20.3 Å². The lowest BCUT2D eigenvalue weighted by molar-refractivity contribution is -0.150. The fourth-order valence-corrected chi connectivity index (χ4v) is 5.39. The fraction of sp³-hybridized carbons (Fsp3) is 0.556. The SMILES string of the molecule is [2H]C([2H])([2H])C([2H])([2H])n1nccc1C(=O)NC(c1nc2cc(C(COC)N3CC(C(F)(F)F)NC3=O)ccc2o1)C1CCC(F)(F)CC1. The molecule has 1 saturated heterocycles. The number of rotatable bonds is 9. The Bertz CT molecular complexity index is 1620. The molecule has 5 rings (SSSR count). The summed E-state index contributed by atoms with van der Waals surface area (Å²) in [6.07, 6.45) is -4.67. The Labute approximate surface area is 244 Å². The molecular weight excluding hydrogens is 567 g/mol. The molecular formula is C27H31F5N6O4. The molecule has 2 fully saturated rings. The molecule has 3 unspecified atom stereocenters. The van der Waals surface area contributed by atoms with E-state index in [1.165, 1.54) is 25.3 Å². The second-order valence-corrected chi connectivity index (χ2v) is 10.3. The van der Waals surface area contributed by atoms with Crippen LogP contribution in [0.3, 0.4) is 0 Å². The summed E-state index contributed by atoms with van der Waals surface area (Å²) in [5.74, 6) is -4.58. The van der Waals surface area contributed by atoms with Gasteiger partial charge in [0.2, 0.25) is 11.8 Å². The van der Waals surface area contributed by atoms with Gasteiger partial charge in [-0.25, -0.2) is 18.6 Å². The van der Waals surface area contributed by atoms with E-state index >= 15 is 0 Å². The molecule has 0 bridgehead atoms. The number of carbonyl (C=O) groups excluding carboxylic acids is 2. The predicted molar refractivity (Wildman–Crippen MR) is 139 cm³/mol. The monoisotopic (exact) mass is 603 g/mol. The molecule has 3 atom stereocenters. The molecule has 1 aliphatic carbocycles. The Morgan fingerprint density at radius 2 is 2.10 bits per heavy atom. The largest absolute Gasteiger partial charge is 0.438 e. The van der Waals surface area contributed by atoms with Gasteiger partial charge in [0, 0.05) is 36.8 Å². The van der Waals surface area contributed by atoms with E-state index in [9.17, 15) is 31.5 Å². The maximum absolute atomic E-state index is 14.1. The number of aromatic nitrogens is 3. The molecule has 1 aliphatic heterocycles. The van der Waals surface area contributed by atoms with Crippen LogP contribution >= 0.6 is 0 Å². The van der Waals surface area contributed by atoms with Crippen molar-refractivity contribution in [3.05, 3.63) is 47.6 Å². The zero-order valence-corrected chi connectivity index (χ0v) is 22.3. The van der Waals surface area contributed by atoms with E-state index in [2.05, 4.69) is 15.4 Å². The number of aryl methyl sites for hydroxylation is 1. The van der Waals surface area contributed by atoms with Gasteiger partial charge in [0.15, 0.2) is 5.58 Å². The van der Waals surface area contributed by atoms with Gasteiger partial charge in [0.1, 0.15) is 23.3 Å². The summed E-state index contributed by atoms with van der Waals surface area (Å²) in [7, 11) is 1.32. The van der Waals surface area contributed by atoms with Crippen LogP contribution in [0, 0.1) is 5.92 Å². The maximum atomic E-state index is 14.1. The van der Waals surface area contributed by atoms with Crippen LogP contribution in [-0.2, 0) is 11.2 Å². The normalized spacial score (nSPS) is 23.4. The lowest BCUT2D eigenvalue weighted by Crippen LogP contribution is -2.40. The molecule has 3 aromatic rings. The fourth-order valence-electron chi connectivity index (χ4n) is 5.39. The second-order valence-electron chi connectivity index (χ2n) is 10.3. The molecule has 1 saturated carbocycles. The Morgan fingerprint density at radius 3 is 2.76 bits per heavy atom. The molecule has 1 aromatic carbocycles. The first-order valence-electron chi connectivity index (χ1n) is 15.6. The zero-order valence-electron chi connectivity index (χ0n) is 27.3. The van der Waals surface area contributed by atoms with Crippen molar-refractivity contribution >= 4 is 23.0 Å². The number of urea groups is 1. The van der Waals surface area contributed by atoms with Gasteiger partial charge >= 0.3 is 12.2 Å². The Balaban J connectivity index is 1.47. The minimum Gasteiger partial charge on any atom is -0.438 e. The number of ether oxygens (including phenoxy) is 1.